The molecule has 5 nitrogen and oxygen atoms in total. The lowest BCUT2D eigenvalue weighted by molar-refractivity contribution is 0.0760. The second kappa shape index (κ2) is 7.75. The monoisotopic (exact) mass is 279 g/mol. The Kier molecular flexibility index (Phi) is 6.31. The summed E-state index contributed by atoms with van der Waals surface area (Å²) < 4.78 is 5.10. The number of carbonyl (C=O) groups is 1. The number of nitrogen functional groups attached to an aromatic ring is 1. The number of hydrogen-bond donors (Lipinski definition) is 1. The molecule has 0 spiro atoms. The average Bonchev–Trinajstić information content (AvgIpc) is 2.42. The number of ether oxygens (including phenoxy) is 1. The van der Waals surface area contributed by atoms with Gasteiger partial charge < -0.3 is 20.3 Å². The number of nitrogens with zero attached hydrogens (tertiary/aromatic N) is 2. The standard InChI is InChI=1S/C15H25N3O2/c1-5-18(10-6-9-17(2)3)15(19)13-8-7-12(20-4)11-14(13)16/h7-8,11H,5-6,9-10,16H2,1-4H3. The van der Waals surface area contributed by atoms with Crippen LogP contribution in [0.5, 0.6) is 5.75 Å². The van der Waals surface area contributed by atoms with Crippen molar-refractivity contribution in [3.63, 3.8) is 0 Å². The molecule has 5 heteroatoms. The highest BCUT2D eigenvalue weighted by Gasteiger charge is 2.16. The molecule has 2 N–H and O–H groups in total. The van der Waals surface area contributed by atoms with Gasteiger partial charge in [0.15, 0.2) is 0 Å². The van der Waals surface area contributed by atoms with Crippen molar-refractivity contribution < 1.29 is 9.53 Å². The van der Waals surface area contributed by atoms with Gasteiger partial charge in [-0.1, -0.05) is 0 Å². The number of hydrogen-bond acceptors (Lipinski definition) is 4. The predicted octanol–water partition coefficient (Wildman–Crippen LogP) is 1.69. The maximum absolute atomic E-state index is 12.5. The fourth-order valence-electron chi connectivity index (χ4n) is 2.01. The Morgan fingerprint density at radius 2 is 2.00 bits per heavy atom. The highest BCUT2D eigenvalue weighted by molar-refractivity contribution is 5.99. The molecule has 1 aromatic rings. The van der Waals surface area contributed by atoms with Gasteiger partial charge in [-0.2, -0.15) is 0 Å². The molecule has 0 aliphatic rings. The van der Waals surface area contributed by atoms with Crippen LogP contribution < -0.4 is 10.5 Å². The molecule has 112 valence electrons. The van der Waals surface area contributed by atoms with Crippen LogP contribution in [0.4, 0.5) is 5.69 Å². The van der Waals surface area contributed by atoms with Gasteiger partial charge in [0.05, 0.1) is 12.7 Å². The first kappa shape index (κ1) is 16.3. The zero-order valence-electron chi connectivity index (χ0n) is 12.8. The minimum absolute atomic E-state index is 0.0218. The summed E-state index contributed by atoms with van der Waals surface area (Å²) >= 11 is 0. The number of benzene rings is 1. The summed E-state index contributed by atoms with van der Waals surface area (Å²) in [5.74, 6) is 0.640. The molecule has 0 aliphatic carbocycles. The van der Waals surface area contributed by atoms with Gasteiger partial charge in [-0.3, -0.25) is 4.79 Å². The number of nitrogens with two attached hydrogens (primary N) is 1. The van der Waals surface area contributed by atoms with E-state index in [9.17, 15) is 4.79 Å². The molecule has 0 radical (unpaired) electrons. The van der Waals surface area contributed by atoms with Crippen LogP contribution in [-0.2, 0) is 0 Å². The molecule has 0 unspecified atom stereocenters. The zero-order chi connectivity index (χ0) is 15.1. The van der Waals surface area contributed by atoms with E-state index >= 15 is 0 Å². The van der Waals surface area contributed by atoms with Crippen LogP contribution in [0.1, 0.15) is 23.7 Å². The van der Waals surface area contributed by atoms with Crippen LogP contribution in [0.2, 0.25) is 0 Å². The lowest BCUT2D eigenvalue weighted by Gasteiger charge is -2.22. The molecule has 0 saturated carbocycles. The number of amides is 1. The molecule has 1 rings (SSSR count). The Bertz CT molecular complexity index is 447. The summed E-state index contributed by atoms with van der Waals surface area (Å²) in [6.45, 7) is 4.35. The Morgan fingerprint density at radius 3 is 2.50 bits per heavy atom. The van der Waals surface area contributed by atoms with Crippen LogP contribution in [-0.4, -0.2) is 56.5 Å². The van der Waals surface area contributed by atoms with Gasteiger partial charge in [-0.15, -0.1) is 0 Å². The first-order valence-electron chi connectivity index (χ1n) is 6.87. The van der Waals surface area contributed by atoms with E-state index in [-0.39, 0.29) is 5.91 Å². The van der Waals surface area contributed by atoms with Crippen molar-refractivity contribution in [3.05, 3.63) is 23.8 Å². The average molecular weight is 279 g/mol. The van der Waals surface area contributed by atoms with E-state index in [0.717, 1.165) is 19.5 Å². The summed E-state index contributed by atoms with van der Waals surface area (Å²) in [6, 6.07) is 5.17. The largest absolute Gasteiger partial charge is 0.497 e. The van der Waals surface area contributed by atoms with E-state index in [1.165, 1.54) is 0 Å². The molecule has 0 bridgehead atoms. The maximum atomic E-state index is 12.5. The molecule has 0 atom stereocenters. The van der Waals surface area contributed by atoms with Crippen molar-refractivity contribution in [2.24, 2.45) is 0 Å². The van der Waals surface area contributed by atoms with Crippen molar-refractivity contribution in [2.45, 2.75) is 13.3 Å². The molecule has 0 fully saturated rings. The fourth-order valence-corrected chi connectivity index (χ4v) is 2.01. The van der Waals surface area contributed by atoms with Crippen LogP contribution in [0.25, 0.3) is 0 Å². The molecule has 1 amide bonds. The third-order valence-corrected chi connectivity index (χ3v) is 3.19. The minimum atomic E-state index is -0.0218. The van der Waals surface area contributed by atoms with Crippen molar-refractivity contribution in [1.29, 1.82) is 0 Å². The topological polar surface area (TPSA) is 58.8 Å². The van der Waals surface area contributed by atoms with Gasteiger partial charge in [0.1, 0.15) is 5.75 Å². The summed E-state index contributed by atoms with van der Waals surface area (Å²) in [5, 5.41) is 0. The van der Waals surface area contributed by atoms with Gasteiger partial charge in [-0.25, -0.2) is 0 Å². The summed E-state index contributed by atoms with van der Waals surface area (Å²) in [5.41, 5.74) is 6.93. The van der Waals surface area contributed by atoms with Gasteiger partial charge in [0.25, 0.3) is 5.91 Å². The lowest BCUT2D eigenvalue weighted by atomic mass is 10.1. The number of methoxy groups -OCH3 is 1. The lowest BCUT2D eigenvalue weighted by Crippen LogP contribution is -2.33. The summed E-state index contributed by atoms with van der Waals surface area (Å²) in [7, 11) is 5.63. The molecule has 0 heterocycles. The highest BCUT2D eigenvalue weighted by atomic mass is 16.5. The van der Waals surface area contributed by atoms with Crippen LogP contribution in [0.3, 0.4) is 0 Å². The van der Waals surface area contributed by atoms with E-state index in [0.29, 0.717) is 23.5 Å². The summed E-state index contributed by atoms with van der Waals surface area (Å²) in [6.07, 6.45) is 0.947. The van der Waals surface area contributed by atoms with Crippen molar-refractivity contribution in [2.75, 3.05) is 46.6 Å². The zero-order valence-corrected chi connectivity index (χ0v) is 12.8. The van der Waals surface area contributed by atoms with Gasteiger partial charge in [0.2, 0.25) is 0 Å². The van der Waals surface area contributed by atoms with Crippen LogP contribution >= 0.6 is 0 Å². The van der Waals surface area contributed by atoms with Gasteiger partial charge >= 0.3 is 0 Å². The van der Waals surface area contributed by atoms with Gasteiger partial charge in [-0.05, 0) is 46.1 Å². The van der Waals surface area contributed by atoms with E-state index in [4.69, 9.17) is 10.5 Å². The van der Waals surface area contributed by atoms with E-state index in [1.807, 2.05) is 25.9 Å². The Morgan fingerprint density at radius 1 is 1.30 bits per heavy atom. The number of carbonyl (C=O) groups excluding carboxylic acids is 1. The quantitative estimate of drug-likeness (QED) is 0.772. The first-order valence-corrected chi connectivity index (χ1v) is 6.87. The smallest absolute Gasteiger partial charge is 0.255 e. The molecular weight excluding hydrogens is 254 g/mol. The predicted molar refractivity (Wildman–Crippen MR) is 82.2 cm³/mol. The maximum Gasteiger partial charge on any atom is 0.255 e. The van der Waals surface area contributed by atoms with Crippen molar-refractivity contribution in [1.82, 2.24) is 9.80 Å². The molecule has 1 aromatic carbocycles. The number of rotatable bonds is 7. The SMILES string of the molecule is CCN(CCCN(C)C)C(=O)c1ccc(OC)cc1N. The second-order valence-corrected chi connectivity index (χ2v) is 4.99. The van der Waals surface area contributed by atoms with Crippen molar-refractivity contribution >= 4 is 11.6 Å². The Balaban J connectivity index is 2.75. The third kappa shape index (κ3) is 4.42. The van der Waals surface area contributed by atoms with E-state index < -0.39 is 0 Å². The third-order valence-electron chi connectivity index (χ3n) is 3.19. The second-order valence-electron chi connectivity index (χ2n) is 4.99. The Hall–Kier alpha value is -1.75. The molecule has 0 aromatic heterocycles. The molecular formula is C15H25N3O2. The van der Waals surface area contributed by atoms with E-state index in [1.54, 1.807) is 25.3 Å². The highest BCUT2D eigenvalue weighted by Crippen LogP contribution is 2.21. The van der Waals surface area contributed by atoms with Gasteiger partial charge in [0, 0.05) is 24.8 Å². The molecule has 20 heavy (non-hydrogen) atoms. The Labute approximate surface area is 121 Å². The minimum Gasteiger partial charge on any atom is -0.497 e. The molecule has 0 aliphatic heterocycles. The van der Waals surface area contributed by atoms with Crippen LogP contribution in [0.15, 0.2) is 18.2 Å². The summed E-state index contributed by atoms with van der Waals surface area (Å²) in [4.78, 5) is 16.4. The first-order chi connectivity index (χ1) is 9.49. The van der Waals surface area contributed by atoms with Crippen LogP contribution in [0, 0.1) is 0 Å². The van der Waals surface area contributed by atoms with E-state index in [2.05, 4.69) is 4.90 Å². The fraction of sp³-hybridized carbons (Fsp3) is 0.533. The number of anilines is 1. The van der Waals surface area contributed by atoms with Crippen molar-refractivity contribution in [3.8, 4) is 5.75 Å². The molecule has 0 saturated heterocycles. The normalized spacial score (nSPS) is 10.7.